The van der Waals surface area contributed by atoms with Crippen LogP contribution in [-0.4, -0.2) is 44.3 Å². The Morgan fingerprint density at radius 1 is 1.17 bits per heavy atom. The van der Waals surface area contributed by atoms with Gasteiger partial charge in [0, 0.05) is 17.9 Å². The molecule has 2 N–H and O–H groups in total. The Morgan fingerprint density at radius 3 is 2.38 bits per heavy atom. The van der Waals surface area contributed by atoms with Crippen LogP contribution in [0.3, 0.4) is 0 Å². The van der Waals surface area contributed by atoms with Gasteiger partial charge in [0.25, 0.3) is 5.91 Å². The first kappa shape index (κ1) is 18.4. The van der Waals surface area contributed by atoms with E-state index in [2.05, 4.69) is 10.6 Å². The minimum absolute atomic E-state index is 0.0654. The highest BCUT2D eigenvalue weighted by atomic mass is 32.2. The molecule has 0 aliphatic heterocycles. The van der Waals surface area contributed by atoms with Crippen LogP contribution in [0.15, 0.2) is 30.3 Å². The molecule has 2 rings (SSSR count). The second-order valence-corrected chi connectivity index (χ2v) is 8.56. The van der Waals surface area contributed by atoms with Gasteiger partial charge in [0.1, 0.15) is 15.9 Å². The Morgan fingerprint density at radius 2 is 1.79 bits per heavy atom. The molecule has 0 aromatic heterocycles. The summed E-state index contributed by atoms with van der Waals surface area (Å²) in [6.45, 7) is 0. The third kappa shape index (κ3) is 5.96. The second kappa shape index (κ2) is 8.28. The summed E-state index contributed by atoms with van der Waals surface area (Å²) in [4.78, 5) is 24.7. The largest absolute Gasteiger partial charge is 0.352 e. The monoisotopic (exact) mass is 352 g/mol. The Balaban J connectivity index is 2.03. The van der Waals surface area contributed by atoms with E-state index in [4.69, 9.17) is 0 Å². The van der Waals surface area contributed by atoms with E-state index in [0.29, 0.717) is 5.56 Å². The molecule has 1 atom stereocenters. The van der Waals surface area contributed by atoms with Gasteiger partial charge in [-0.05, 0) is 31.4 Å². The molecule has 0 unspecified atom stereocenters. The Labute approximate surface area is 142 Å². The van der Waals surface area contributed by atoms with E-state index < -0.39 is 15.9 Å². The van der Waals surface area contributed by atoms with E-state index in [1.165, 1.54) is 0 Å². The molecule has 7 heteroatoms. The van der Waals surface area contributed by atoms with Crippen LogP contribution in [-0.2, 0) is 14.6 Å². The Hall–Kier alpha value is -1.89. The molecule has 1 fully saturated rings. The van der Waals surface area contributed by atoms with Crippen LogP contribution in [0.4, 0.5) is 0 Å². The van der Waals surface area contributed by atoms with Crippen molar-refractivity contribution in [3.05, 3.63) is 35.9 Å². The minimum atomic E-state index is -3.21. The number of carbonyl (C=O) groups excluding carboxylic acids is 2. The lowest BCUT2D eigenvalue weighted by Gasteiger charge is -2.21. The first-order valence-corrected chi connectivity index (χ1v) is 10.3. The summed E-state index contributed by atoms with van der Waals surface area (Å²) in [5.41, 5.74) is 0.440. The molecule has 2 amide bonds. The van der Waals surface area contributed by atoms with Crippen LogP contribution >= 0.6 is 0 Å². The van der Waals surface area contributed by atoms with Gasteiger partial charge in [-0.2, -0.15) is 0 Å². The van der Waals surface area contributed by atoms with Gasteiger partial charge in [0.2, 0.25) is 5.91 Å². The SMILES string of the molecule is CS(=O)(=O)CC[C@H](NC(=O)c1ccccc1)C(=O)NC1CCCC1. The van der Waals surface area contributed by atoms with E-state index in [0.717, 1.165) is 31.9 Å². The first-order chi connectivity index (χ1) is 11.3. The lowest BCUT2D eigenvalue weighted by Crippen LogP contribution is -2.49. The summed E-state index contributed by atoms with van der Waals surface area (Å²) in [5.74, 6) is -0.837. The van der Waals surface area contributed by atoms with E-state index in [9.17, 15) is 18.0 Å². The molecule has 132 valence electrons. The van der Waals surface area contributed by atoms with Crippen molar-refractivity contribution >= 4 is 21.7 Å². The summed E-state index contributed by atoms with van der Waals surface area (Å²) < 4.78 is 22.8. The number of sulfone groups is 1. The smallest absolute Gasteiger partial charge is 0.251 e. The van der Waals surface area contributed by atoms with Gasteiger partial charge in [-0.25, -0.2) is 8.42 Å². The van der Waals surface area contributed by atoms with Gasteiger partial charge in [-0.15, -0.1) is 0 Å². The third-order valence-electron chi connectivity index (χ3n) is 4.14. The average Bonchev–Trinajstić information content (AvgIpc) is 3.04. The number of hydrogen-bond acceptors (Lipinski definition) is 4. The fourth-order valence-corrected chi connectivity index (χ4v) is 3.47. The van der Waals surface area contributed by atoms with Crippen LogP contribution < -0.4 is 10.6 Å². The van der Waals surface area contributed by atoms with Gasteiger partial charge in [-0.1, -0.05) is 31.0 Å². The number of rotatable bonds is 7. The normalized spacial score (nSPS) is 16.5. The van der Waals surface area contributed by atoms with Gasteiger partial charge in [-0.3, -0.25) is 9.59 Å². The van der Waals surface area contributed by atoms with Crippen LogP contribution in [0.25, 0.3) is 0 Å². The fourth-order valence-electron chi connectivity index (χ4n) is 2.80. The molecule has 1 saturated carbocycles. The third-order valence-corrected chi connectivity index (χ3v) is 5.11. The fraction of sp³-hybridized carbons (Fsp3) is 0.529. The highest BCUT2D eigenvalue weighted by Crippen LogP contribution is 2.17. The molecule has 0 radical (unpaired) electrons. The number of hydrogen-bond donors (Lipinski definition) is 2. The predicted octanol–water partition coefficient (Wildman–Crippen LogP) is 1.28. The average molecular weight is 352 g/mol. The van der Waals surface area contributed by atoms with E-state index in [-0.39, 0.29) is 30.0 Å². The summed E-state index contributed by atoms with van der Waals surface area (Å²) >= 11 is 0. The van der Waals surface area contributed by atoms with Crippen LogP contribution in [0, 0.1) is 0 Å². The molecule has 0 bridgehead atoms. The zero-order valence-corrected chi connectivity index (χ0v) is 14.6. The van der Waals surface area contributed by atoms with Crippen molar-refractivity contribution in [1.82, 2.24) is 10.6 Å². The lowest BCUT2D eigenvalue weighted by molar-refractivity contribution is -0.123. The zero-order chi connectivity index (χ0) is 17.6. The Bertz CT molecular complexity index is 667. The number of benzene rings is 1. The maximum absolute atomic E-state index is 12.5. The standard InChI is InChI=1S/C17H24N2O4S/c1-24(22,23)12-11-15(17(21)18-14-9-5-6-10-14)19-16(20)13-7-3-2-4-8-13/h2-4,7-8,14-15H,5-6,9-12H2,1H3,(H,18,21)(H,19,20)/t15-/m0/s1. The van der Waals surface area contributed by atoms with Crippen molar-refractivity contribution in [3.63, 3.8) is 0 Å². The van der Waals surface area contributed by atoms with Crippen molar-refractivity contribution in [3.8, 4) is 0 Å². The van der Waals surface area contributed by atoms with Crippen LogP contribution in [0.2, 0.25) is 0 Å². The van der Waals surface area contributed by atoms with Crippen molar-refractivity contribution in [1.29, 1.82) is 0 Å². The van der Waals surface area contributed by atoms with E-state index in [1.54, 1.807) is 30.3 Å². The topological polar surface area (TPSA) is 92.3 Å². The highest BCUT2D eigenvalue weighted by molar-refractivity contribution is 7.90. The molecule has 1 aromatic carbocycles. The zero-order valence-electron chi connectivity index (χ0n) is 13.8. The number of carbonyl (C=O) groups is 2. The van der Waals surface area contributed by atoms with Gasteiger partial charge in [0.05, 0.1) is 5.75 Å². The molecule has 0 heterocycles. The van der Waals surface area contributed by atoms with Gasteiger partial charge >= 0.3 is 0 Å². The van der Waals surface area contributed by atoms with Crippen molar-refractivity contribution in [2.75, 3.05) is 12.0 Å². The number of amides is 2. The van der Waals surface area contributed by atoms with Crippen LogP contribution in [0.1, 0.15) is 42.5 Å². The maximum atomic E-state index is 12.5. The van der Waals surface area contributed by atoms with Crippen molar-refractivity contribution in [2.24, 2.45) is 0 Å². The second-order valence-electron chi connectivity index (χ2n) is 6.30. The quantitative estimate of drug-likeness (QED) is 0.773. The molecular formula is C17H24N2O4S. The summed E-state index contributed by atoms with van der Waals surface area (Å²) in [6, 6.07) is 7.83. The first-order valence-electron chi connectivity index (χ1n) is 8.19. The predicted molar refractivity (Wildman–Crippen MR) is 92.4 cm³/mol. The summed E-state index contributed by atoms with van der Waals surface area (Å²) in [5, 5.41) is 5.59. The van der Waals surface area contributed by atoms with Crippen molar-refractivity contribution < 1.29 is 18.0 Å². The van der Waals surface area contributed by atoms with Crippen LogP contribution in [0.5, 0.6) is 0 Å². The van der Waals surface area contributed by atoms with E-state index >= 15 is 0 Å². The molecule has 1 aliphatic rings. The highest BCUT2D eigenvalue weighted by Gasteiger charge is 2.26. The number of nitrogens with one attached hydrogen (secondary N) is 2. The van der Waals surface area contributed by atoms with Crippen molar-refractivity contribution in [2.45, 2.75) is 44.2 Å². The lowest BCUT2D eigenvalue weighted by atomic mass is 10.1. The molecular weight excluding hydrogens is 328 g/mol. The van der Waals surface area contributed by atoms with E-state index in [1.807, 2.05) is 0 Å². The molecule has 0 spiro atoms. The minimum Gasteiger partial charge on any atom is -0.352 e. The van der Waals surface area contributed by atoms with Gasteiger partial charge in [0.15, 0.2) is 0 Å². The molecule has 1 aromatic rings. The van der Waals surface area contributed by atoms with Gasteiger partial charge < -0.3 is 10.6 Å². The summed E-state index contributed by atoms with van der Waals surface area (Å²) in [6.07, 6.45) is 5.20. The maximum Gasteiger partial charge on any atom is 0.251 e. The Kier molecular flexibility index (Phi) is 6.36. The molecule has 1 aliphatic carbocycles. The molecule has 24 heavy (non-hydrogen) atoms. The molecule has 6 nitrogen and oxygen atoms in total. The molecule has 0 saturated heterocycles. The summed E-state index contributed by atoms with van der Waals surface area (Å²) in [7, 11) is -3.21.